The second kappa shape index (κ2) is 47.6. The average molecular weight is 1580 g/mol. The molecule has 5 saturated heterocycles. The fourth-order valence-corrected chi connectivity index (χ4v) is 14.0. The Hall–Kier alpha value is -5.18. The second-order valence-electron chi connectivity index (χ2n) is 28.7. The number of amides is 3. The van der Waals surface area contributed by atoms with Crippen molar-refractivity contribution in [3.05, 3.63) is 52.6 Å². The first-order valence-electron chi connectivity index (χ1n) is 38.3. The number of rotatable bonds is 48. The summed E-state index contributed by atoms with van der Waals surface area (Å²) in [6, 6.07) is -4.89. The lowest BCUT2D eigenvalue weighted by Crippen LogP contribution is -2.72. The molecule has 0 aromatic rings. The molecule has 1 aliphatic carbocycles. The van der Waals surface area contributed by atoms with Crippen molar-refractivity contribution in [3.63, 3.8) is 0 Å². The minimum absolute atomic E-state index is 0.0590. The number of hydrogen-bond acceptors (Lipinski definition) is 33. The molecule has 3 amide bonds. The first-order chi connectivity index (χ1) is 52.6. The second-order valence-corrected chi connectivity index (χ2v) is 28.7. The number of aliphatic hydroxyl groups excluding tert-OH is 17. The molecule has 0 aromatic carbocycles. The van der Waals surface area contributed by atoms with E-state index in [1.165, 1.54) is 50.7 Å². The van der Waals surface area contributed by atoms with E-state index >= 15 is 0 Å². The summed E-state index contributed by atoms with van der Waals surface area (Å²) in [5, 5.41) is 216. The van der Waals surface area contributed by atoms with Crippen molar-refractivity contribution in [3.8, 4) is 0 Å². The minimum Gasteiger partial charge on any atom is -0.480 e. The first-order valence-corrected chi connectivity index (χ1v) is 38.3. The smallest absolute Gasteiger partial charge is 0.399 e. The van der Waals surface area contributed by atoms with E-state index in [0.717, 1.165) is 78.1 Å². The van der Waals surface area contributed by atoms with Crippen molar-refractivity contribution in [1.29, 1.82) is 5.39 Å². The van der Waals surface area contributed by atoms with Crippen molar-refractivity contribution in [2.24, 2.45) is 0 Å². The number of nitrogens with one attached hydrogen (secondary N) is 3. The predicted octanol–water partition coefficient (Wildman–Crippen LogP) is -2.70. The Bertz CT molecular complexity index is 2930. The molecule has 0 aromatic heterocycles. The number of unbranched alkanes of at least 4 members (excludes halogenated alkanes) is 18. The molecule has 0 bridgehead atoms. The van der Waals surface area contributed by atoms with Gasteiger partial charge in [0.25, 0.3) is 11.7 Å². The van der Waals surface area contributed by atoms with Crippen LogP contribution in [0.1, 0.15) is 162 Å². The first kappa shape index (κ1) is 93.7. The molecule has 21 N–H and O–H groups in total. The van der Waals surface area contributed by atoms with Gasteiger partial charge in [0.05, 0.1) is 70.5 Å². The van der Waals surface area contributed by atoms with Gasteiger partial charge in [-0.25, -0.2) is 4.79 Å². The number of nitrogens with zero attached hydrogens (tertiary/aromatic N) is 2. The number of diazo groups is 1. The quantitative estimate of drug-likeness (QED) is 0.0128. The number of carboxylic acids is 1. The van der Waals surface area contributed by atoms with Gasteiger partial charge in [0.2, 0.25) is 23.1 Å². The van der Waals surface area contributed by atoms with Gasteiger partial charge in [-0.3, -0.25) is 14.4 Å². The number of carbonyl (C=O) groups excluding carboxylic acids is 3. The molecule has 5 aliphatic heterocycles. The van der Waals surface area contributed by atoms with E-state index in [-0.39, 0.29) is 30.2 Å². The standard InChI is InChI=1S/C72H119N5O33/c1-4-5-6-7-8-9-10-11-12-13-16-19-22-28-43(85)42(76-50(88)29-23-20-17-14-15-18-21-24-30-100-66(97)40-26-25-27-41(40)77-73)37-101-68-59(95)57(93)61(48(35-81)104-68)106-70-60(96)65(110-72(71(98)99)31-44(86)51(74-38(2)83)64(109-72)53(89)45(87)32-78)62(49(36-82)105-70)107-67-52(75-39(3)84)63(55(91)47(34-80)102-67)108-69-58(94)56(92)54(90)46(33-79)103-69/h22,25-28,42-49,51-65,67-70,78-82,85-87,89-96H,4-21,23-24,29-37H2,1-3H3,(H4-,74,75,76,83,84,88,97,98,99)/p+1/b28-22+,66-40-/t42?,43-,44+,45-,46-,47-,48-,49-,51-,52-,53-,54+,55+,56+,57-,58-,59-,60-,61-,62+,63-,64-,65-,67+,68-,69+,70+,72+/m1/s1. The molecule has 28 atom stereocenters. The fraction of sp³-hybridized carbons (Fsp3) is 0.833. The molecule has 38 heteroatoms. The number of ether oxygens (including phenoxy) is 11. The largest absolute Gasteiger partial charge is 0.480 e. The Morgan fingerprint density at radius 2 is 1.12 bits per heavy atom. The van der Waals surface area contributed by atoms with Gasteiger partial charge in [-0.1, -0.05) is 128 Å². The average Bonchev–Trinajstić information content (AvgIpc) is 1.31. The highest BCUT2D eigenvalue weighted by Gasteiger charge is 2.62. The summed E-state index contributed by atoms with van der Waals surface area (Å²) < 4.78 is 65.4. The van der Waals surface area contributed by atoms with Crippen LogP contribution in [0, 0.1) is 5.39 Å². The molecule has 0 saturated carbocycles. The van der Waals surface area contributed by atoms with Gasteiger partial charge in [0.1, 0.15) is 116 Å². The Balaban J connectivity index is 1.21. The summed E-state index contributed by atoms with van der Waals surface area (Å²) in [7, 11) is 0. The Kier molecular flexibility index (Phi) is 40.6. The van der Waals surface area contributed by atoms with Crippen LogP contribution in [0.5, 0.6) is 0 Å². The van der Waals surface area contributed by atoms with E-state index in [1.807, 2.05) is 0 Å². The molecule has 5 heterocycles. The monoisotopic (exact) mass is 1580 g/mol. The zero-order valence-corrected chi connectivity index (χ0v) is 62.5. The molecule has 630 valence electrons. The number of carboxylic acid groups (broad SMARTS) is 1. The molecular weight excluding hydrogens is 1460 g/mol. The molecule has 5 fully saturated rings. The Morgan fingerprint density at radius 3 is 1.71 bits per heavy atom. The molecule has 0 radical (unpaired) electrons. The predicted molar refractivity (Wildman–Crippen MR) is 378 cm³/mol. The van der Waals surface area contributed by atoms with Gasteiger partial charge in [-0.2, -0.15) is 0 Å². The van der Waals surface area contributed by atoms with E-state index in [4.69, 9.17) is 57.5 Å². The van der Waals surface area contributed by atoms with Crippen LogP contribution in [-0.2, 0) is 71.3 Å². The van der Waals surface area contributed by atoms with E-state index in [0.29, 0.717) is 25.7 Å². The third kappa shape index (κ3) is 26.7. The van der Waals surface area contributed by atoms with Crippen LogP contribution in [0.4, 0.5) is 0 Å². The highest BCUT2D eigenvalue weighted by molar-refractivity contribution is 5.77. The molecule has 6 aliphatic rings. The highest BCUT2D eigenvalue weighted by atomic mass is 16.8. The summed E-state index contributed by atoms with van der Waals surface area (Å²) in [5.74, 6) is -8.15. The third-order valence-electron chi connectivity index (χ3n) is 20.2. The van der Waals surface area contributed by atoms with Gasteiger partial charge in [-0.05, 0) is 31.8 Å². The lowest BCUT2D eigenvalue weighted by atomic mass is 9.88. The highest BCUT2D eigenvalue weighted by Crippen LogP contribution is 2.41. The molecule has 1 unspecified atom stereocenters. The van der Waals surface area contributed by atoms with E-state index in [9.17, 15) is 111 Å². The van der Waals surface area contributed by atoms with Crippen molar-refractivity contribution in [1.82, 2.24) is 16.0 Å². The maximum Gasteiger partial charge on any atom is 0.399 e. The van der Waals surface area contributed by atoms with Crippen LogP contribution < -0.4 is 16.0 Å². The fourth-order valence-electron chi connectivity index (χ4n) is 14.0. The Morgan fingerprint density at radius 1 is 0.600 bits per heavy atom. The summed E-state index contributed by atoms with van der Waals surface area (Å²) in [6.07, 6.45) is -23.8. The maximum atomic E-state index is 13.8. The van der Waals surface area contributed by atoms with E-state index in [2.05, 4.69) is 27.9 Å². The topological polar surface area (TPSA) is 598 Å². The third-order valence-corrected chi connectivity index (χ3v) is 20.2. The SMILES string of the molecule is CCCCCCCCCCCCC/C=C/[C@@H](O)C(CO[C@@H]1O[C@H](CO)[C@@H](O[C@@H]2O[C@H](CO)[C@H](O[C@@H]3O[C@H](CO)[C@H](O)[C@H](O[C@@H]4O[C@H](CO)[C@H](O)[C@H](O)[C@H]4O)[C@H]3NC(C)=O)[C@H](O[C@]3(C(=O)O)C[C@H](O)[C@@H](NC(C)=O)[C@H]([C@H](O)[C@H](O)CO)O3)[C@H]2O)[C@H](O)[C@H]1O)NC(=O)CCCCCCCCCCO/C(O)=C1/C=CC=C1[N+]#N. The molecule has 6 rings (SSSR count). The lowest BCUT2D eigenvalue weighted by molar-refractivity contribution is -0.403. The zero-order valence-electron chi connectivity index (χ0n) is 62.5. The van der Waals surface area contributed by atoms with Crippen LogP contribution in [-0.4, -0.2) is 333 Å². The number of aliphatic hydroxyl groups is 17. The van der Waals surface area contributed by atoms with E-state index < -0.39 is 241 Å². The van der Waals surface area contributed by atoms with Gasteiger partial charge < -0.3 is 160 Å². The van der Waals surface area contributed by atoms with Gasteiger partial charge in [-0.15, -0.1) is 0 Å². The molecule has 110 heavy (non-hydrogen) atoms. The normalized spacial score (nSPS) is 34.9. The van der Waals surface area contributed by atoms with Crippen LogP contribution >= 0.6 is 0 Å². The van der Waals surface area contributed by atoms with Crippen molar-refractivity contribution in [2.45, 2.75) is 333 Å². The van der Waals surface area contributed by atoms with Crippen molar-refractivity contribution in [2.75, 3.05) is 46.2 Å². The van der Waals surface area contributed by atoms with Crippen LogP contribution in [0.15, 0.2) is 47.6 Å². The van der Waals surface area contributed by atoms with E-state index in [1.54, 1.807) is 18.2 Å². The number of aliphatic carboxylic acids is 1. The van der Waals surface area contributed by atoms with Gasteiger partial charge in [0.15, 0.2) is 35.7 Å². The number of carbonyl (C=O) groups is 4. The van der Waals surface area contributed by atoms with Crippen molar-refractivity contribution >= 4 is 23.7 Å². The van der Waals surface area contributed by atoms with Crippen LogP contribution in [0.25, 0.3) is 4.98 Å². The summed E-state index contributed by atoms with van der Waals surface area (Å²) in [5.41, 5.74) is 0.483. The number of hydrogen-bond donors (Lipinski definition) is 21. The number of allylic oxidation sites excluding steroid dienone is 4. The molecule has 38 nitrogen and oxygen atoms in total. The molecular formula is C72H120N5O33+. The van der Waals surface area contributed by atoms with Crippen molar-refractivity contribution < 1.29 is 163 Å². The lowest BCUT2D eigenvalue weighted by Gasteiger charge is -2.52. The van der Waals surface area contributed by atoms with Gasteiger partial charge >= 0.3 is 11.7 Å². The summed E-state index contributed by atoms with van der Waals surface area (Å²) in [6.45, 7) is -1.79. The molecule has 0 spiro atoms. The zero-order chi connectivity index (χ0) is 80.8. The van der Waals surface area contributed by atoms with Gasteiger partial charge in [0, 0.05) is 32.8 Å². The maximum absolute atomic E-state index is 13.8. The Labute approximate surface area is 638 Å². The van der Waals surface area contributed by atoms with Crippen LogP contribution in [0.3, 0.4) is 0 Å². The summed E-state index contributed by atoms with van der Waals surface area (Å²) >= 11 is 0. The minimum atomic E-state index is -3.40. The van der Waals surface area contributed by atoms with Crippen LogP contribution in [0.2, 0.25) is 0 Å². The summed E-state index contributed by atoms with van der Waals surface area (Å²) in [4.78, 5) is 56.1.